The van der Waals surface area contributed by atoms with Gasteiger partial charge in [0.25, 0.3) is 11.5 Å². The third-order valence-corrected chi connectivity index (χ3v) is 6.18. The second-order valence-electron chi connectivity index (χ2n) is 8.42. The molecule has 3 heterocycles. The Labute approximate surface area is 211 Å². The van der Waals surface area contributed by atoms with Crippen LogP contribution < -0.4 is 26.1 Å². The first-order chi connectivity index (χ1) is 17.2. The minimum Gasteiger partial charge on any atom is -0.394 e. The summed E-state index contributed by atoms with van der Waals surface area (Å²) in [5.74, 6) is -0.642. The van der Waals surface area contributed by atoms with Crippen molar-refractivity contribution in [1.82, 2.24) is 15.0 Å². The van der Waals surface area contributed by atoms with Crippen LogP contribution in [-0.4, -0.2) is 72.2 Å². The van der Waals surface area contributed by atoms with E-state index in [1.54, 1.807) is 18.1 Å². The Kier molecular flexibility index (Phi) is 7.43. The Morgan fingerprint density at radius 3 is 2.61 bits per heavy atom. The number of amides is 1. The average Bonchev–Trinajstić information content (AvgIpc) is 2.87. The normalized spacial score (nSPS) is 13.1. The van der Waals surface area contributed by atoms with E-state index in [4.69, 9.17) is 11.6 Å². The molecule has 0 saturated carbocycles. The van der Waals surface area contributed by atoms with Crippen LogP contribution in [0.5, 0.6) is 0 Å². The second kappa shape index (κ2) is 10.5. The minimum atomic E-state index is -0.842. The van der Waals surface area contributed by atoms with Crippen molar-refractivity contribution < 1.29 is 19.4 Å². The van der Waals surface area contributed by atoms with Gasteiger partial charge in [0.05, 0.1) is 48.3 Å². The molecule has 0 radical (unpaired) electrons. The Balaban J connectivity index is 1.87. The lowest BCUT2D eigenvalue weighted by molar-refractivity contribution is 0.0880. The van der Waals surface area contributed by atoms with Crippen LogP contribution in [0.3, 0.4) is 0 Å². The zero-order valence-corrected chi connectivity index (χ0v) is 20.5. The molecule has 0 spiro atoms. The van der Waals surface area contributed by atoms with Gasteiger partial charge >= 0.3 is 0 Å². The zero-order valence-electron chi connectivity index (χ0n) is 19.7. The molecule has 4 rings (SSSR count). The molecule has 0 fully saturated rings. The number of anilines is 3. The maximum Gasteiger partial charge on any atom is 0.279 e. The maximum absolute atomic E-state index is 14.8. The molecule has 12 heteroatoms. The molecule has 0 saturated heterocycles. The van der Waals surface area contributed by atoms with Crippen LogP contribution in [-0.2, 0) is 0 Å². The highest BCUT2D eigenvalue weighted by atomic mass is 35.5. The van der Waals surface area contributed by atoms with Crippen LogP contribution in [0.4, 0.5) is 21.6 Å². The maximum atomic E-state index is 14.8. The van der Waals surface area contributed by atoms with Crippen molar-refractivity contribution in [3.63, 3.8) is 0 Å². The minimum absolute atomic E-state index is 0.0499. The van der Waals surface area contributed by atoms with Crippen LogP contribution in [0.15, 0.2) is 47.5 Å². The molecule has 0 unspecified atom stereocenters. The summed E-state index contributed by atoms with van der Waals surface area (Å²) in [5.41, 5.74) is 0.665. The molecule has 0 aliphatic carbocycles. The number of nitrogens with zero attached hydrogens (tertiary/aromatic N) is 4. The fourth-order valence-corrected chi connectivity index (χ4v) is 4.18. The van der Waals surface area contributed by atoms with Crippen molar-refractivity contribution in [3.8, 4) is 11.1 Å². The average molecular weight is 517 g/mol. The van der Waals surface area contributed by atoms with E-state index in [2.05, 4.69) is 15.6 Å². The predicted molar refractivity (Wildman–Crippen MR) is 136 cm³/mol. The highest BCUT2D eigenvalue weighted by Crippen LogP contribution is 2.34. The van der Waals surface area contributed by atoms with E-state index in [1.807, 2.05) is 11.9 Å². The standard InChI is InChI=1S/C24H26ClFN6O4/c1-30-7-8-31(2)32-23(30)21(10-17(24(32)36)16-9-14(25)3-4-19(16)26)29-20-5-6-27-11-18(20)22(35)28-15(12-33)13-34/h3-6,9-11,15,33-34H,7-8,12-13H2,1-2H3,(H,27,29)(H,28,35). The number of benzene rings is 1. The molecular formula is C24H26ClFN6O4. The molecule has 1 amide bonds. The van der Waals surface area contributed by atoms with E-state index >= 15 is 0 Å². The van der Waals surface area contributed by atoms with Crippen molar-refractivity contribution in [2.24, 2.45) is 0 Å². The molecule has 10 nitrogen and oxygen atoms in total. The summed E-state index contributed by atoms with van der Waals surface area (Å²) >= 11 is 6.11. The first-order valence-corrected chi connectivity index (χ1v) is 11.5. The zero-order chi connectivity index (χ0) is 26.0. The fourth-order valence-electron chi connectivity index (χ4n) is 4.01. The van der Waals surface area contributed by atoms with Gasteiger partial charge in [-0.25, -0.2) is 9.07 Å². The van der Waals surface area contributed by atoms with Crippen LogP contribution >= 0.6 is 11.6 Å². The van der Waals surface area contributed by atoms with E-state index in [-0.39, 0.29) is 21.7 Å². The lowest BCUT2D eigenvalue weighted by Crippen LogP contribution is -2.51. The number of aliphatic hydroxyl groups excluding tert-OH is 2. The Hall–Kier alpha value is -3.67. The molecule has 1 aliphatic heterocycles. The number of carbonyl (C=O) groups excluding carboxylic acids is 1. The van der Waals surface area contributed by atoms with Gasteiger partial charge in [0.2, 0.25) is 0 Å². The molecular weight excluding hydrogens is 491 g/mol. The monoisotopic (exact) mass is 516 g/mol. The summed E-state index contributed by atoms with van der Waals surface area (Å²) in [4.78, 5) is 32.3. The predicted octanol–water partition coefficient (Wildman–Crippen LogP) is 1.55. The van der Waals surface area contributed by atoms with E-state index in [1.165, 1.54) is 41.3 Å². The number of likely N-dealkylation sites (N-methyl/N-ethyl adjacent to an activating group) is 2. The highest BCUT2D eigenvalue weighted by molar-refractivity contribution is 6.30. The van der Waals surface area contributed by atoms with Crippen molar-refractivity contribution in [1.29, 1.82) is 0 Å². The van der Waals surface area contributed by atoms with Gasteiger partial charge in [0.1, 0.15) is 5.82 Å². The number of rotatable bonds is 7. The summed E-state index contributed by atoms with van der Waals surface area (Å²) < 4.78 is 16.3. The summed E-state index contributed by atoms with van der Waals surface area (Å²) in [5, 5.41) is 26.4. The first-order valence-electron chi connectivity index (χ1n) is 11.2. The smallest absolute Gasteiger partial charge is 0.279 e. The summed E-state index contributed by atoms with van der Waals surface area (Å²) in [6.45, 7) is 0.295. The van der Waals surface area contributed by atoms with Gasteiger partial charge in [0, 0.05) is 43.6 Å². The largest absolute Gasteiger partial charge is 0.394 e. The van der Waals surface area contributed by atoms with Crippen LogP contribution in [0.2, 0.25) is 5.02 Å². The van der Waals surface area contributed by atoms with Crippen molar-refractivity contribution in [3.05, 3.63) is 69.5 Å². The van der Waals surface area contributed by atoms with Gasteiger partial charge < -0.3 is 30.8 Å². The molecule has 190 valence electrons. The Bertz CT molecular complexity index is 1350. The fraction of sp³-hybridized carbons (Fsp3) is 0.292. The van der Waals surface area contributed by atoms with E-state index in [0.717, 1.165) is 0 Å². The lowest BCUT2D eigenvalue weighted by atomic mass is 10.1. The first kappa shape index (κ1) is 25.4. The Morgan fingerprint density at radius 2 is 1.89 bits per heavy atom. The number of aromatic nitrogens is 2. The second-order valence-corrected chi connectivity index (χ2v) is 8.86. The van der Waals surface area contributed by atoms with Crippen molar-refractivity contribution in [2.75, 3.05) is 55.6 Å². The van der Waals surface area contributed by atoms with Gasteiger partial charge in [-0.2, -0.15) is 0 Å². The molecule has 0 atom stereocenters. The van der Waals surface area contributed by atoms with E-state index in [0.29, 0.717) is 30.3 Å². The number of pyridine rings is 2. The van der Waals surface area contributed by atoms with Crippen molar-refractivity contribution in [2.45, 2.75) is 6.04 Å². The van der Waals surface area contributed by atoms with Gasteiger partial charge in [-0.1, -0.05) is 11.6 Å². The van der Waals surface area contributed by atoms with Gasteiger partial charge in [-0.15, -0.1) is 0 Å². The van der Waals surface area contributed by atoms with E-state index in [9.17, 15) is 24.2 Å². The quantitative estimate of drug-likeness (QED) is 0.373. The molecule has 3 aromatic rings. The van der Waals surface area contributed by atoms with Gasteiger partial charge in [-0.3, -0.25) is 14.6 Å². The third kappa shape index (κ3) is 4.85. The molecule has 2 aromatic heterocycles. The number of hydrogen-bond donors (Lipinski definition) is 4. The molecule has 0 bridgehead atoms. The molecule has 4 N–H and O–H groups in total. The number of halogens is 2. The number of nitrogens with one attached hydrogen (secondary N) is 2. The molecule has 1 aromatic carbocycles. The Morgan fingerprint density at radius 1 is 1.14 bits per heavy atom. The topological polar surface area (TPSA) is 123 Å². The van der Waals surface area contributed by atoms with Gasteiger partial charge in [0.15, 0.2) is 5.82 Å². The van der Waals surface area contributed by atoms with Crippen LogP contribution in [0, 0.1) is 5.82 Å². The lowest BCUT2D eigenvalue weighted by Gasteiger charge is -2.37. The van der Waals surface area contributed by atoms with Crippen LogP contribution in [0.25, 0.3) is 11.1 Å². The molecule has 36 heavy (non-hydrogen) atoms. The van der Waals surface area contributed by atoms with Crippen molar-refractivity contribution >= 4 is 34.7 Å². The summed E-state index contributed by atoms with van der Waals surface area (Å²) in [6, 6.07) is 6.27. The number of fused-ring (bicyclic) bond motifs is 1. The van der Waals surface area contributed by atoms with Crippen LogP contribution in [0.1, 0.15) is 10.4 Å². The summed E-state index contributed by atoms with van der Waals surface area (Å²) in [6.07, 6.45) is 2.84. The highest BCUT2D eigenvalue weighted by Gasteiger charge is 2.27. The molecule has 1 aliphatic rings. The number of hydrogen-bond acceptors (Lipinski definition) is 8. The van der Waals surface area contributed by atoms with Gasteiger partial charge in [-0.05, 0) is 30.3 Å². The number of aliphatic hydroxyl groups is 2. The van der Waals surface area contributed by atoms with E-state index < -0.39 is 36.5 Å². The third-order valence-electron chi connectivity index (χ3n) is 5.94. The SMILES string of the molecule is CN1CCN(C)n2c1c(Nc1ccncc1C(=O)NC(CO)CO)cc(-c1cc(Cl)ccc1F)c2=O. The summed E-state index contributed by atoms with van der Waals surface area (Å²) in [7, 11) is 3.59. The number of carbonyl (C=O) groups is 1.